The molecule has 0 aliphatic heterocycles. The van der Waals surface area contributed by atoms with Crippen LogP contribution in [0.15, 0.2) is 43.0 Å². The Hall–Kier alpha value is -2.97. The summed E-state index contributed by atoms with van der Waals surface area (Å²) in [5, 5.41) is 10.9. The van der Waals surface area contributed by atoms with Crippen LogP contribution in [-0.2, 0) is 0 Å². The molecule has 0 atom stereocenters. The average molecular weight is 378 g/mol. The minimum atomic E-state index is 0.340. The Bertz CT molecular complexity index is 1120. The number of benzene rings is 1. The van der Waals surface area contributed by atoms with Gasteiger partial charge in [-0.05, 0) is 37.5 Å². The van der Waals surface area contributed by atoms with Crippen LogP contribution in [-0.4, -0.2) is 9.55 Å². The van der Waals surface area contributed by atoms with E-state index in [-0.39, 0.29) is 0 Å². The van der Waals surface area contributed by atoms with Gasteiger partial charge in [-0.15, -0.1) is 0 Å². The van der Waals surface area contributed by atoms with Gasteiger partial charge in [0, 0.05) is 52.1 Å². The van der Waals surface area contributed by atoms with E-state index in [1.165, 1.54) is 0 Å². The van der Waals surface area contributed by atoms with Gasteiger partial charge in [-0.1, -0.05) is 18.2 Å². The average Bonchev–Trinajstić information content (AvgIpc) is 2.93. The second kappa shape index (κ2) is 6.33. The number of nitrogen functional groups attached to an aromatic ring is 1. The van der Waals surface area contributed by atoms with Gasteiger partial charge in [-0.25, -0.2) is 0 Å². The third kappa shape index (κ3) is 2.73. The Labute approximate surface area is 162 Å². The van der Waals surface area contributed by atoms with E-state index in [1.54, 1.807) is 12.4 Å². The van der Waals surface area contributed by atoms with Crippen molar-refractivity contribution in [1.82, 2.24) is 9.55 Å². The molecule has 0 saturated heterocycles. The van der Waals surface area contributed by atoms with Gasteiger partial charge in [0.25, 0.3) is 0 Å². The van der Waals surface area contributed by atoms with Crippen molar-refractivity contribution in [3.63, 3.8) is 0 Å². The number of rotatable bonds is 3. The molecule has 1 aromatic carbocycles. The van der Waals surface area contributed by atoms with E-state index in [4.69, 9.17) is 23.1 Å². The zero-order valence-electron chi connectivity index (χ0n) is 15.0. The van der Waals surface area contributed by atoms with Crippen molar-refractivity contribution in [2.75, 3.05) is 5.73 Å². The van der Waals surface area contributed by atoms with Crippen molar-refractivity contribution in [3.8, 4) is 17.2 Å². The van der Waals surface area contributed by atoms with Crippen molar-refractivity contribution >= 4 is 28.2 Å². The van der Waals surface area contributed by atoms with Gasteiger partial charge >= 0.3 is 0 Å². The van der Waals surface area contributed by atoms with Crippen LogP contribution in [0.1, 0.15) is 30.0 Å². The molecule has 136 valence electrons. The van der Waals surface area contributed by atoms with Crippen molar-refractivity contribution in [3.05, 3.63) is 59.1 Å². The van der Waals surface area contributed by atoms with Crippen molar-refractivity contribution in [2.45, 2.75) is 25.8 Å². The lowest BCUT2D eigenvalue weighted by molar-refractivity contribution is 0.235. The predicted octanol–water partition coefficient (Wildman–Crippen LogP) is 4.54. The summed E-state index contributed by atoms with van der Waals surface area (Å²) in [5.41, 5.74) is 17.4. The highest BCUT2D eigenvalue weighted by atomic mass is 35.5. The molecule has 4 N–H and O–H groups in total. The lowest BCUT2D eigenvalue weighted by Gasteiger charge is -2.37. The van der Waals surface area contributed by atoms with E-state index < -0.39 is 0 Å². The fourth-order valence-electron chi connectivity index (χ4n) is 3.80. The van der Waals surface area contributed by atoms with Crippen LogP contribution in [0.2, 0.25) is 5.02 Å². The fraction of sp³-hybridized carbons (Fsp3) is 0.238. The number of aromatic nitrogens is 2. The van der Waals surface area contributed by atoms with Gasteiger partial charge < -0.3 is 16.0 Å². The first-order chi connectivity index (χ1) is 12.9. The second-order valence-electron chi connectivity index (χ2n) is 7.23. The molecule has 27 heavy (non-hydrogen) atoms. The molecule has 4 rings (SSSR count). The van der Waals surface area contributed by atoms with Crippen LogP contribution >= 0.6 is 11.6 Å². The topological polar surface area (TPSA) is 93.7 Å². The van der Waals surface area contributed by atoms with Crippen LogP contribution in [0.4, 0.5) is 5.69 Å². The highest BCUT2D eigenvalue weighted by molar-refractivity contribution is 6.36. The lowest BCUT2D eigenvalue weighted by Crippen LogP contribution is -2.29. The lowest BCUT2D eigenvalue weighted by atomic mass is 9.78. The minimum Gasteiger partial charge on any atom is -0.402 e. The van der Waals surface area contributed by atoms with Gasteiger partial charge in [-0.2, -0.15) is 5.26 Å². The van der Waals surface area contributed by atoms with Crippen LogP contribution in [0, 0.1) is 24.2 Å². The molecule has 0 spiro atoms. The largest absolute Gasteiger partial charge is 0.402 e. The van der Waals surface area contributed by atoms with Crippen LogP contribution in [0.5, 0.6) is 0 Å². The van der Waals surface area contributed by atoms with Gasteiger partial charge in [0.1, 0.15) is 0 Å². The van der Waals surface area contributed by atoms with Gasteiger partial charge in [0.15, 0.2) is 0 Å². The number of anilines is 1. The maximum atomic E-state index is 9.47. The number of halogens is 1. The zero-order valence-corrected chi connectivity index (χ0v) is 15.8. The monoisotopic (exact) mass is 377 g/mol. The summed E-state index contributed by atoms with van der Waals surface area (Å²) in [6, 6.07) is 6.60. The standard InChI is InChI=1S/C21H20ClN5/c1-11-3-20-16(6-14(11)7-23)18(17-8-26-9-19(25)21(17)22)10-27(20)15-4-13(5-15)12(2)24/h3,6,8-10,13,15H,2,4-5,24-25H2,1H3. The molecule has 0 unspecified atom stereocenters. The minimum absolute atomic E-state index is 0.340. The summed E-state index contributed by atoms with van der Waals surface area (Å²) in [6.07, 6.45) is 7.27. The molecular weight excluding hydrogens is 358 g/mol. The number of allylic oxidation sites excluding steroid dienone is 1. The molecule has 1 aliphatic rings. The number of pyridine rings is 1. The smallest absolute Gasteiger partial charge is 0.0994 e. The first kappa shape index (κ1) is 17.4. The van der Waals surface area contributed by atoms with Gasteiger partial charge in [-0.3, -0.25) is 4.98 Å². The predicted molar refractivity (Wildman–Crippen MR) is 109 cm³/mol. The maximum Gasteiger partial charge on any atom is 0.0994 e. The normalized spacial score (nSPS) is 18.9. The van der Waals surface area contributed by atoms with Crippen LogP contribution in [0.3, 0.4) is 0 Å². The van der Waals surface area contributed by atoms with E-state index in [2.05, 4.69) is 34.5 Å². The van der Waals surface area contributed by atoms with Crippen molar-refractivity contribution in [1.29, 1.82) is 5.26 Å². The molecular formula is C21H20ClN5. The van der Waals surface area contributed by atoms with E-state index in [1.807, 2.05) is 13.0 Å². The fourth-order valence-corrected chi connectivity index (χ4v) is 4.00. The van der Waals surface area contributed by atoms with E-state index in [0.29, 0.717) is 28.2 Å². The first-order valence-corrected chi connectivity index (χ1v) is 9.17. The first-order valence-electron chi connectivity index (χ1n) is 8.79. The Morgan fingerprint density at radius 3 is 2.74 bits per heavy atom. The molecule has 0 bridgehead atoms. The number of fused-ring (bicyclic) bond motifs is 1. The highest BCUT2D eigenvalue weighted by Gasteiger charge is 2.33. The number of nitrogens with two attached hydrogens (primary N) is 2. The third-order valence-electron chi connectivity index (χ3n) is 5.53. The quantitative estimate of drug-likeness (QED) is 0.700. The number of hydrogen-bond acceptors (Lipinski definition) is 4. The summed E-state index contributed by atoms with van der Waals surface area (Å²) in [7, 11) is 0. The Kier molecular flexibility index (Phi) is 4.09. The zero-order chi connectivity index (χ0) is 19.3. The summed E-state index contributed by atoms with van der Waals surface area (Å²) < 4.78 is 2.26. The molecule has 0 radical (unpaired) electrons. The second-order valence-corrected chi connectivity index (χ2v) is 7.61. The summed E-state index contributed by atoms with van der Waals surface area (Å²) in [4.78, 5) is 4.20. The van der Waals surface area contributed by atoms with Crippen molar-refractivity contribution in [2.24, 2.45) is 11.7 Å². The molecule has 2 heterocycles. The molecule has 0 amide bonds. The van der Waals surface area contributed by atoms with E-state index in [0.717, 1.165) is 46.1 Å². The molecule has 1 fully saturated rings. The number of hydrogen-bond donors (Lipinski definition) is 2. The summed E-state index contributed by atoms with van der Waals surface area (Å²) in [6.45, 7) is 5.83. The Balaban J connectivity index is 1.93. The third-order valence-corrected chi connectivity index (χ3v) is 5.95. The molecule has 1 aliphatic carbocycles. The van der Waals surface area contributed by atoms with Gasteiger partial charge in [0.05, 0.1) is 28.5 Å². The van der Waals surface area contributed by atoms with E-state index >= 15 is 0 Å². The van der Waals surface area contributed by atoms with Crippen LogP contribution < -0.4 is 11.5 Å². The van der Waals surface area contributed by atoms with E-state index in [9.17, 15) is 5.26 Å². The SMILES string of the molecule is C=C(N)C1CC(n2cc(-c3cncc(N)c3Cl)c3cc(C#N)c(C)cc32)C1. The maximum absolute atomic E-state index is 9.47. The summed E-state index contributed by atoms with van der Waals surface area (Å²) >= 11 is 6.47. The van der Waals surface area contributed by atoms with Crippen LogP contribution in [0.25, 0.3) is 22.0 Å². The Morgan fingerprint density at radius 2 is 2.07 bits per heavy atom. The molecule has 2 aromatic heterocycles. The highest BCUT2D eigenvalue weighted by Crippen LogP contribution is 2.45. The molecule has 6 heteroatoms. The molecule has 1 saturated carbocycles. The van der Waals surface area contributed by atoms with Crippen molar-refractivity contribution < 1.29 is 0 Å². The molecule has 5 nitrogen and oxygen atoms in total. The molecule has 3 aromatic rings. The van der Waals surface area contributed by atoms with Gasteiger partial charge in [0.2, 0.25) is 0 Å². The number of nitriles is 1. The number of aryl methyl sites for hydroxylation is 1. The number of nitrogens with zero attached hydrogens (tertiary/aromatic N) is 3. The Morgan fingerprint density at radius 1 is 1.33 bits per heavy atom. The summed E-state index contributed by atoms with van der Waals surface area (Å²) in [5.74, 6) is 0.355.